The Kier molecular flexibility index (Phi) is 8.07. The van der Waals surface area contributed by atoms with Crippen LogP contribution in [0.25, 0.3) is 0 Å². The second kappa shape index (κ2) is 8.12. The molecule has 0 radical (unpaired) electrons. The number of hydrogen-bond donors (Lipinski definition) is 1. The number of rotatable bonds is 8. The Labute approximate surface area is 95.8 Å². The van der Waals surface area contributed by atoms with E-state index in [0.29, 0.717) is 6.04 Å². The van der Waals surface area contributed by atoms with Crippen molar-refractivity contribution in [2.45, 2.75) is 71.9 Å². The van der Waals surface area contributed by atoms with Crippen LogP contribution in [0.15, 0.2) is 0 Å². The van der Waals surface area contributed by atoms with Crippen LogP contribution in [-0.4, -0.2) is 24.8 Å². The summed E-state index contributed by atoms with van der Waals surface area (Å²) in [6, 6.07) is 0.620. The zero-order valence-electron chi connectivity index (χ0n) is 11.2. The number of nitrogens with one attached hydrogen (secondary N) is 1. The van der Waals surface area contributed by atoms with E-state index >= 15 is 0 Å². The van der Waals surface area contributed by atoms with Crippen LogP contribution in [0.3, 0.4) is 0 Å². The molecule has 1 N–H and O–H groups in total. The highest BCUT2D eigenvalue weighted by Gasteiger charge is 2.08. The molecular formula is C13H29NO. The predicted octanol–water partition coefficient (Wildman–Crippen LogP) is 3.36. The molecule has 15 heavy (non-hydrogen) atoms. The highest BCUT2D eigenvalue weighted by atomic mass is 16.5. The Morgan fingerprint density at radius 1 is 1.00 bits per heavy atom. The van der Waals surface area contributed by atoms with E-state index in [0.717, 1.165) is 13.2 Å². The van der Waals surface area contributed by atoms with Gasteiger partial charge < -0.3 is 10.1 Å². The molecule has 0 spiro atoms. The number of hydrogen-bond acceptors (Lipinski definition) is 2. The standard InChI is InChI=1S/C13H29NO/c1-12(2)14-10-8-6-7-9-11-15-13(3,4)5/h12,14H,6-11H2,1-5H3. The summed E-state index contributed by atoms with van der Waals surface area (Å²) in [6.07, 6.45) is 5.08. The van der Waals surface area contributed by atoms with Crippen molar-refractivity contribution in [3.63, 3.8) is 0 Å². The van der Waals surface area contributed by atoms with Crippen LogP contribution < -0.4 is 5.32 Å². The molecule has 0 saturated heterocycles. The van der Waals surface area contributed by atoms with E-state index in [1.165, 1.54) is 25.7 Å². The van der Waals surface area contributed by atoms with Gasteiger partial charge >= 0.3 is 0 Å². The van der Waals surface area contributed by atoms with Crippen LogP contribution in [0, 0.1) is 0 Å². The molecule has 0 fully saturated rings. The summed E-state index contributed by atoms with van der Waals surface area (Å²) >= 11 is 0. The Morgan fingerprint density at radius 2 is 1.60 bits per heavy atom. The average Bonchev–Trinajstić information content (AvgIpc) is 2.07. The molecule has 0 amide bonds. The minimum Gasteiger partial charge on any atom is -0.376 e. The highest BCUT2D eigenvalue weighted by molar-refractivity contribution is 4.58. The lowest BCUT2D eigenvalue weighted by molar-refractivity contribution is -0.00473. The van der Waals surface area contributed by atoms with Crippen molar-refractivity contribution in [3.8, 4) is 0 Å². The molecule has 0 aromatic carbocycles. The molecule has 2 nitrogen and oxygen atoms in total. The summed E-state index contributed by atoms with van der Waals surface area (Å²) in [5, 5.41) is 3.43. The number of ether oxygens (including phenoxy) is 1. The summed E-state index contributed by atoms with van der Waals surface area (Å²) in [5.74, 6) is 0. The van der Waals surface area contributed by atoms with Crippen LogP contribution >= 0.6 is 0 Å². The fourth-order valence-electron chi connectivity index (χ4n) is 1.35. The lowest BCUT2D eigenvalue weighted by Gasteiger charge is -2.19. The molecule has 0 heterocycles. The Balaban J connectivity index is 3.06. The van der Waals surface area contributed by atoms with Gasteiger partial charge in [-0.15, -0.1) is 0 Å². The van der Waals surface area contributed by atoms with Crippen LogP contribution in [0.1, 0.15) is 60.3 Å². The Morgan fingerprint density at radius 3 is 2.13 bits per heavy atom. The van der Waals surface area contributed by atoms with Crippen LogP contribution in [0.4, 0.5) is 0 Å². The molecule has 0 rings (SSSR count). The first-order valence-electron chi connectivity index (χ1n) is 6.29. The van der Waals surface area contributed by atoms with Crippen molar-refractivity contribution in [2.24, 2.45) is 0 Å². The molecule has 0 atom stereocenters. The SMILES string of the molecule is CC(C)NCCCCCCOC(C)(C)C. The van der Waals surface area contributed by atoms with E-state index in [-0.39, 0.29) is 5.60 Å². The molecule has 92 valence electrons. The second-order valence-electron chi connectivity index (χ2n) is 5.48. The Bertz CT molecular complexity index is 138. The van der Waals surface area contributed by atoms with Crippen LogP contribution in [0.2, 0.25) is 0 Å². The van der Waals surface area contributed by atoms with Crippen molar-refractivity contribution in [1.29, 1.82) is 0 Å². The van der Waals surface area contributed by atoms with Gasteiger partial charge in [-0.2, -0.15) is 0 Å². The molecule has 2 heteroatoms. The topological polar surface area (TPSA) is 21.3 Å². The van der Waals surface area contributed by atoms with Gasteiger partial charge in [0, 0.05) is 12.6 Å². The predicted molar refractivity (Wildman–Crippen MR) is 67.3 cm³/mol. The molecule has 0 aliphatic heterocycles. The first kappa shape index (κ1) is 14.9. The summed E-state index contributed by atoms with van der Waals surface area (Å²) < 4.78 is 5.66. The van der Waals surface area contributed by atoms with Crippen LogP contribution in [0.5, 0.6) is 0 Å². The highest BCUT2D eigenvalue weighted by Crippen LogP contribution is 2.08. The van der Waals surface area contributed by atoms with Crippen molar-refractivity contribution in [1.82, 2.24) is 5.32 Å². The van der Waals surface area contributed by atoms with Crippen molar-refractivity contribution < 1.29 is 4.74 Å². The first-order valence-corrected chi connectivity index (χ1v) is 6.29. The number of unbranched alkanes of at least 4 members (excludes halogenated alkanes) is 3. The lowest BCUT2D eigenvalue weighted by atomic mass is 10.1. The van der Waals surface area contributed by atoms with Gasteiger partial charge in [-0.05, 0) is 40.2 Å². The van der Waals surface area contributed by atoms with E-state index in [1.807, 2.05) is 0 Å². The quantitative estimate of drug-likeness (QED) is 0.627. The fraction of sp³-hybridized carbons (Fsp3) is 1.00. The van der Waals surface area contributed by atoms with Gasteiger partial charge in [-0.25, -0.2) is 0 Å². The molecule has 0 aromatic heterocycles. The normalized spacial score (nSPS) is 12.4. The molecule has 0 saturated carbocycles. The van der Waals surface area contributed by atoms with Gasteiger partial charge in [-0.1, -0.05) is 26.7 Å². The fourth-order valence-corrected chi connectivity index (χ4v) is 1.35. The summed E-state index contributed by atoms with van der Waals surface area (Å²) in [5.41, 5.74) is 0.0270. The van der Waals surface area contributed by atoms with E-state index < -0.39 is 0 Å². The molecule has 0 aromatic rings. The summed E-state index contributed by atoms with van der Waals surface area (Å²) in [4.78, 5) is 0. The van der Waals surface area contributed by atoms with Crippen molar-refractivity contribution in [3.05, 3.63) is 0 Å². The van der Waals surface area contributed by atoms with E-state index in [4.69, 9.17) is 4.74 Å². The van der Waals surface area contributed by atoms with E-state index in [9.17, 15) is 0 Å². The van der Waals surface area contributed by atoms with E-state index in [2.05, 4.69) is 39.9 Å². The van der Waals surface area contributed by atoms with Gasteiger partial charge in [0.2, 0.25) is 0 Å². The summed E-state index contributed by atoms with van der Waals surface area (Å²) in [6.45, 7) is 12.8. The lowest BCUT2D eigenvalue weighted by Crippen LogP contribution is -2.23. The monoisotopic (exact) mass is 215 g/mol. The van der Waals surface area contributed by atoms with Gasteiger partial charge in [0.15, 0.2) is 0 Å². The third kappa shape index (κ3) is 13.9. The van der Waals surface area contributed by atoms with Crippen molar-refractivity contribution >= 4 is 0 Å². The van der Waals surface area contributed by atoms with Gasteiger partial charge in [0.05, 0.1) is 5.60 Å². The van der Waals surface area contributed by atoms with E-state index in [1.54, 1.807) is 0 Å². The minimum atomic E-state index is 0.0270. The third-order valence-corrected chi connectivity index (χ3v) is 2.16. The maximum Gasteiger partial charge on any atom is 0.0598 e. The molecule has 0 aliphatic rings. The Hall–Kier alpha value is -0.0800. The molecular weight excluding hydrogens is 186 g/mol. The molecule has 0 aliphatic carbocycles. The third-order valence-electron chi connectivity index (χ3n) is 2.16. The van der Waals surface area contributed by atoms with Crippen LogP contribution in [-0.2, 0) is 4.74 Å². The van der Waals surface area contributed by atoms with Gasteiger partial charge in [0.25, 0.3) is 0 Å². The largest absolute Gasteiger partial charge is 0.376 e. The second-order valence-corrected chi connectivity index (χ2v) is 5.48. The minimum absolute atomic E-state index is 0.0270. The first-order chi connectivity index (χ1) is 6.92. The summed E-state index contributed by atoms with van der Waals surface area (Å²) in [7, 11) is 0. The smallest absolute Gasteiger partial charge is 0.0598 e. The maximum absolute atomic E-state index is 5.66. The van der Waals surface area contributed by atoms with Gasteiger partial charge in [0.1, 0.15) is 0 Å². The molecule has 0 unspecified atom stereocenters. The average molecular weight is 215 g/mol. The maximum atomic E-state index is 5.66. The zero-order chi connectivity index (χ0) is 11.7. The molecule has 0 bridgehead atoms. The zero-order valence-corrected chi connectivity index (χ0v) is 11.2. The van der Waals surface area contributed by atoms with Gasteiger partial charge in [-0.3, -0.25) is 0 Å². The van der Waals surface area contributed by atoms with Crippen molar-refractivity contribution in [2.75, 3.05) is 13.2 Å².